The first kappa shape index (κ1) is 15.0. The standard InChI is InChI=1S/C12H15BrF2N2O/c1-7(3-2-4-16)12(18)17-11-6-9(14)8(13)5-10(11)15/h5-7H,2-4,16H2,1H3,(H,17,18). The summed E-state index contributed by atoms with van der Waals surface area (Å²) in [6.45, 7) is 2.22. The summed E-state index contributed by atoms with van der Waals surface area (Å²) in [6, 6.07) is 1.93. The Labute approximate surface area is 113 Å². The largest absolute Gasteiger partial charge is 0.330 e. The minimum Gasteiger partial charge on any atom is -0.330 e. The fourth-order valence-electron chi connectivity index (χ4n) is 1.43. The first-order chi connectivity index (χ1) is 8.45. The van der Waals surface area contributed by atoms with Crippen LogP contribution < -0.4 is 11.1 Å². The van der Waals surface area contributed by atoms with Crippen LogP contribution in [0, 0.1) is 17.6 Å². The molecule has 18 heavy (non-hydrogen) atoms. The summed E-state index contributed by atoms with van der Waals surface area (Å²) >= 11 is 2.87. The summed E-state index contributed by atoms with van der Waals surface area (Å²) in [7, 11) is 0. The lowest BCUT2D eigenvalue weighted by Gasteiger charge is -2.12. The van der Waals surface area contributed by atoms with Crippen molar-refractivity contribution in [2.75, 3.05) is 11.9 Å². The van der Waals surface area contributed by atoms with Crippen molar-refractivity contribution in [1.82, 2.24) is 0 Å². The van der Waals surface area contributed by atoms with Gasteiger partial charge in [0.05, 0.1) is 10.2 Å². The van der Waals surface area contributed by atoms with E-state index in [0.717, 1.165) is 12.1 Å². The monoisotopic (exact) mass is 320 g/mol. The molecule has 6 heteroatoms. The molecular formula is C12H15BrF2N2O. The third kappa shape index (κ3) is 4.03. The number of rotatable bonds is 5. The van der Waals surface area contributed by atoms with Gasteiger partial charge in [0.15, 0.2) is 0 Å². The molecule has 0 radical (unpaired) electrons. The van der Waals surface area contributed by atoms with E-state index in [9.17, 15) is 13.6 Å². The molecule has 3 nitrogen and oxygen atoms in total. The van der Waals surface area contributed by atoms with Gasteiger partial charge in [-0.3, -0.25) is 4.79 Å². The van der Waals surface area contributed by atoms with Gasteiger partial charge in [-0.05, 0) is 41.4 Å². The second kappa shape index (κ2) is 6.80. The van der Waals surface area contributed by atoms with E-state index in [1.165, 1.54) is 0 Å². The Morgan fingerprint density at radius 3 is 2.72 bits per heavy atom. The average molecular weight is 321 g/mol. The SMILES string of the molecule is CC(CCCN)C(=O)Nc1cc(F)c(Br)cc1F. The number of hydrogen-bond donors (Lipinski definition) is 2. The molecule has 100 valence electrons. The maximum absolute atomic E-state index is 13.5. The molecule has 0 bridgehead atoms. The minimum atomic E-state index is -0.678. The molecule has 0 aliphatic rings. The smallest absolute Gasteiger partial charge is 0.227 e. The van der Waals surface area contributed by atoms with E-state index in [-0.39, 0.29) is 22.0 Å². The van der Waals surface area contributed by atoms with Gasteiger partial charge >= 0.3 is 0 Å². The van der Waals surface area contributed by atoms with Crippen LogP contribution in [-0.2, 0) is 4.79 Å². The van der Waals surface area contributed by atoms with Crippen molar-refractivity contribution in [3.63, 3.8) is 0 Å². The minimum absolute atomic E-state index is 0.0224. The highest BCUT2D eigenvalue weighted by Gasteiger charge is 2.15. The molecule has 0 aliphatic carbocycles. The van der Waals surface area contributed by atoms with Gasteiger partial charge in [0.25, 0.3) is 0 Å². The van der Waals surface area contributed by atoms with Crippen LogP contribution in [0.5, 0.6) is 0 Å². The van der Waals surface area contributed by atoms with Crippen molar-refractivity contribution >= 4 is 27.5 Å². The summed E-state index contributed by atoms with van der Waals surface area (Å²) in [5, 5.41) is 2.37. The highest BCUT2D eigenvalue weighted by Crippen LogP contribution is 2.24. The molecule has 0 saturated heterocycles. The Morgan fingerprint density at radius 1 is 1.44 bits per heavy atom. The quantitative estimate of drug-likeness (QED) is 0.819. The molecule has 1 amide bonds. The first-order valence-corrected chi connectivity index (χ1v) is 6.40. The van der Waals surface area contributed by atoms with Gasteiger partial charge in [-0.1, -0.05) is 6.92 Å². The number of anilines is 1. The zero-order chi connectivity index (χ0) is 13.7. The molecule has 3 N–H and O–H groups in total. The topological polar surface area (TPSA) is 55.1 Å². The summed E-state index contributed by atoms with van der Waals surface area (Å²) in [6.07, 6.45) is 1.33. The summed E-state index contributed by atoms with van der Waals surface area (Å²) < 4.78 is 26.7. The fraction of sp³-hybridized carbons (Fsp3) is 0.417. The van der Waals surface area contributed by atoms with Crippen LogP contribution in [0.4, 0.5) is 14.5 Å². The molecule has 1 atom stereocenters. The molecule has 0 fully saturated rings. The summed E-state index contributed by atoms with van der Waals surface area (Å²) in [5.74, 6) is -1.94. The van der Waals surface area contributed by atoms with Gasteiger partial charge in [-0.15, -0.1) is 0 Å². The number of amides is 1. The first-order valence-electron chi connectivity index (χ1n) is 5.61. The van der Waals surface area contributed by atoms with E-state index in [1.807, 2.05) is 0 Å². The highest BCUT2D eigenvalue weighted by atomic mass is 79.9. The molecule has 0 saturated carbocycles. The number of carbonyl (C=O) groups excluding carboxylic acids is 1. The van der Waals surface area contributed by atoms with Crippen LogP contribution in [0.15, 0.2) is 16.6 Å². The molecule has 1 unspecified atom stereocenters. The molecular weight excluding hydrogens is 306 g/mol. The predicted octanol–water partition coefficient (Wildman–Crippen LogP) is 3.04. The molecule has 0 spiro atoms. The van der Waals surface area contributed by atoms with E-state index < -0.39 is 11.6 Å². The highest BCUT2D eigenvalue weighted by molar-refractivity contribution is 9.10. The Balaban J connectivity index is 2.72. The van der Waals surface area contributed by atoms with Crippen molar-refractivity contribution in [3.8, 4) is 0 Å². The van der Waals surface area contributed by atoms with Crippen LogP contribution >= 0.6 is 15.9 Å². The Bertz CT molecular complexity index is 440. The fourth-order valence-corrected chi connectivity index (χ4v) is 1.74. The van der Waals surface area contributed by atoms with Crippen molar-refractivity contribution in [2.24, 2.45) is 11.7 Å². The van der Waals surface area contributed by atoms with E-state index in [4.69, 9.17) is 5.73 Å². The lowest BCUT2D eigenvalue weighted by atomic mass is 10.0. The lowest BCUT2D eigenvalue weighted by molar-refractivity contribution is -0.119. The molecule has 1 aromatic rings. The Hall–Kier alpha value is -1.01. The number of hydrogen-bond acceptors (Lipinski definition) is 2. The lowest BCUT2D eigenvalue weighted by Crippen LogP contribution is -2.21. The van der Waals surface area contributed by atoms with Crippen LogP contribution in [0.3, 0.4) is 0 Å². The van der Waals surface area contributed by atoms with E-state index >= 15 is 0 Å². The van der Waals surface area contributed by atoms with Crippen molar-refractivity contribution in [3.05, 3.63) is 28.2 Å². The average Bonchev–Trinajstić information content (AvgIpc) is 2.32. The van der Waals surface area contributed by atoms with Gasteiger partial charge in [-0.25, -0.2) is 8.78 Å². The Kier molecular flexibility index (Phi) is 5.68. The van der Waals surface area contributed by atoms with Gasteiger partial charge in [0.1, 0.15) is 11.6 Å². The van der Waals surface area contributed by atoms with Crippen molar-refractivity contribution in [2.45, 2.75) is 19.8 Å². The zero-order valence-electron chi connectivity index (χ0n) is 9.97. The van der Waals surface area contributed by atoms with Crippen LogP contribution in [0.1, 0.15) is 19.8 Å². The van der Waals surface area contributed by atoms with Crippen molar-refractivity contribution < 1.29 is 13.6 Å². The van der Waals surface area contributed by atoms with Crippen LogP contribution in [0.2, 0.25) is 0 Å². The third-order valence-corrected chi connectivity index (χ3v) is 3.16. The normalized spacial score (nSPS) is 12.3. The van der Waals surface area contributed by atoms with Crippen molar-refractivity contribution in [1.29, 1.82) is 0 Å². The molecule has 0 heterocycles. The number of benzene rings is 1. The number of nitrogens with two attached hydrogens (primary N) is 1. The van der Waals surface area contributed by atoms with Gasteiger partial charge in [0, 0.05) is 12.0 Å². The van der Waals surface area contributed by atoms with E-state index in [1.54, 1.807) is 6.92 Å². The van der Waals surface area contributed by atoms with Gasteiger partial charge in [0.2, 0.25) is 5.91 Å². The number of halogens is 3. The maximum Gasteiger partial charge on any atom is 0.227 e. The van der Waals surface area contributed by atoms with Gasteiger partial charge < -0.3 is 11.1 Å². The Morgan fingerprint density at radius 2 is 2.11 bits per heavy atom. The molecule has 0 aromatic heterocycles. The summed E-state index contributed by atoms with van der Waals surface area (Å²) in [4.78, 5) is 11.7. The molecule has 0 aliphatic heterocycles. The third-order valence-electron chi connectivity index (χ3n) is 2.56. The van der Waals surface area contributed by atoms with Gasteiger partial charge in [-0.2, -0.15) is 0 Å². The summed E-state index contributed by atoms with van der Waals surface area (Å²) in [5.41, 5.74) is 5.19. The van der Waals surface area contributed by atoms with E-state index in [2.05, 4.69) is 21.2 Å². The zero-order valence-corrected chi connectivity index (χ0v) is 11.6. The van der Waals surface area contributed by atoms with Crippen LogP contribution in [-0.4, -0.2) is 12.5 Å². The molecule has 1 rings (SSSR count). The second-order valence-electron chi connectivity index (χ2n) is 4.07. The predicted molar refractivity (Wildman–Crippen MR) is 70.1 cm³/mol. The molecule has 1 aromatic carbocycles. The van der Waals surface area contributed by atoms with E-state index in [0.29, 0.717) is 19.4 Å². The van der Waals surface area contributed by atoms with Crippen LogP contribution in [0.25, 0.3) is 0 Å². The number of carbonyl (C=O) groups is 1. The number of nitrogens with one attached hydrogen (secondary N) is 1. The second-order valence-corrected chi connectivity index (χ2v) is 4.92. The maximum atomic E-state index is 13.5.